The van der Waals surface area contributed by atoms with E-state index in [9.17, 15) is 5.11 Å². The molecule has 8 heteroatoms. The van der Waals surface area contributed by atoms with Crippen molar-refractivity contribution in [1.29, 1.82) is 0 Å². The van der Waals surface area contributed by atoms with Crippen LogP contribution < -0.4 is 18.9 Å². The monoisotopic (exact) mass is 450 g/mol. The summed E-state index contributed by atoms with van der Waals surface area (Å²) in [5.74, 6) is 2.68. The van der Waals surface area contributed by atoms with Gasteiger partial charge in [0.25, 0.3) is 0 Å². The average Bonchev–Trinajstić information content (AvgIpc) is 2.79. The predicted molar refractivity (Wildman–Crippen MR) is 121 cm³/mol. The molecule has 0 spiro atoms. The Labute approximate surface area is 189 Å². The van der Waals surface area contributed by atoms with Crippen molar-refractivity contribution < 1.29 is 24.1 Å². The van der Waals surface area contributed by atoms with Crippen LogP contribution in [0, 0.1) is 0 Å². The van der Waals surface area contributed by atoms with Gasteiger partial charge in [0, 0.05) is 49.9 Å². The summed E-state index contributed by atoms with van der Waals surface area (Å²) in [7, 11) is 4.88. The summed E-state index contributed by atoms with van der Waals surface area (Å²) in [5, 5.41) is 11.0. The standard InChI is InChI=1S/C23H31ClN2O5/c1-28-21-9-4-17(22(29-2)23(21)30-3)14-25-10-12-26(13-11-25)15-19(27)16-31-20-7-5-18(24)6-8-20/h4-9,19,27H,10-16H2,1-3H3. The Morgan fingerprint density at radius 2 is 1.52 bits per heavy atom. The molecule has 1 fully saturated rings. The Morgan fingerprint density at radius 3 is 2.13 bits per heavy atom. The van der Waals surface area contributed by atoms with Crippen LogP contribution in [0.2, 0.25) is 5.02 Å². The highest BCUT2D eigenvalue weighted by atomic mass is 35.5. The lowest BCUT2D eigenvalue weighted by atomic mass is 10.1. The lowest BCUT2D eigenvalue weighted by Crippen LogP contribution is -2.48. The first-order valence-electron chi connectivity index (χ1n) is 10.3. The first kappa shape index (κ1) is 23.5. The molecule has 0 aliphatic carbocycles. The van der Waals surface area contributed by atoms with Gasteiger partial charge in [-0.1, -0.05) is 17.7 Å². The topological polar surface area (TPSA) is 63.6 Å². The second-order valence-corrected chi connectivity index (χ2v) is 7.93. The minimum Gasteiger partial charge on any atom is -0.493 e. The normalized spacial score (nSPS) is 16.0. The maximum atomic E-state index is 10.3. The van der Waals surface area contributed by atoms with Crippen molar-refractivity contribution in [3.05, 3.63) is 47.0 Å². The Balaban J connectivity index is 1.47. The molecular weight excluding hydrogens is 420 g/mol. The van der Waals surface area contributed by atoms with Crippen molar-refractivity contribution in [1.82, 2.24) is 9.80 Å². The second-order valence-electron chi connectivity index (χ2n) is 7.49. The number of β-amino-alcohol motifs (C(OH)–C–C–N with tert-alkyl or cyclic N) is 1. The second kappa shape index (κ2) is 11.4. The van der Waals surface area contributed by atoms with E-state index in [0.717, 1.165) is 38.3 Å². The first-order valence-corrected chi connectivity index (χ1v) is 10.7. The van der Waals surface area contributed by atoms with E-state index in [2.05, 4.69) is 9.80 Å². The van der Waals surface area contributed by atoms with Gasteiger partial charge in [0.15, 0.2) is 11.5 Å². The molecule has 2 aromatic rings. The van der Waals surface area contributed by atoms with Crippen molar-refractivity contribution >= 4 is 11.6 Å². The smallest absolute Gasteiger partial charge is 0.203 e. The summed E-state index contributed by atoms with van der Waals surface area (Å²) in [6, 6.07) is 11.1. The van der Waals surface area contributed by atoms with E-state index in [1.165, 1.54) is 0 Å². The molecule has 0 aromatic heterocycles. The molecule has 0 bridgehead atoms. The summed E-state index contributed by atoms with van der Waals surface area (Å²) in [6.07, 6.45) is -0.548. The van der Waals surface area contributed by atoms with Crippen LogP contribution in [0.5, 0.6) is 23.0 Å². The Hall–Kier alpha value is -2.19. The van der Waals surface area contributed by atoms with E-state index < -0.39 is 6.10 Å². The van der Waals surface area contributed by atoms with E-state index in [1.807, 2.05) is 12.1 Å². The molecule has 7 nitrogen and oxygen atoms in total. The number of halogens is 1. The molecule has 170 valence electrons. The highest BCUT2D eigenvalue weighted by Crippen LogP contribution is 2.40. The minimum absolute atomic E-state index is 0.255. The van der Waals surface area contributed by atoms with Crippen LogP contribution >= 0.6 is 11.6 Å². The van der Waals surface area contributed by atoms with E-state index >= 15 is 0 Å². The van der Waals surface area contributed by atoms with E-state index in [-0.39, 0.29) is 6.61 Å². The molecule has 31 heavy (non-hydrogen) atoms. The zero-order chi connectivity index (χ0) is 22.2. The summed E-state index contributed by atoms with van der Waals surface area (Å²) >= 11 is 5.88. The van der Waals surface area contributed by atoms with Gasteiger partial charge in [0.1, 0.15) is 18.5 Å². The molecule has 1 unspecified atom stereocenters. The van der Waals surface area contributed by atoms with Crippen molar-refractivity contribution in [2.24, 2.45) is 0 Å². The van der Waals surface area contributed by atoms with Gasteiger partial charge in [-0.2, -0.15) is 0 Å². The van der Waals surface area contributed by atoms with E-state index in [4.69, 9.17) is 30.5 Å². The Kier molecular flexibility index (Phi) is 8.66. The van der Waals surface area contributed by atoms with E-state index in [1.54, 1.807) is 45.6 Å². The number of ether oxygens (including phenoxy) is 4. The Morgan fingerprint density at radius 1 is 0.871 bits per heavy atom. The number of rotatable bonds is 10. The summed E-state index contributed by atoms with van der Waals surface area (Å²) in [5.41, 5.74) is 1.06. The number of methoxy groups -OCH3 is 3. The van der Waals surface area contributed by atoms with Crippen LogP contribution in [0.1, 0.15) is 5.56 Å². The molecule has 2 aromatic carbocycles. The van der Waals surface area contributed by atoms with Gasteiger partial charge in [0.2, 0.25) is 5.75 Å². The van der Waals surface area contributed by atoms with Crippen molar-refractivity contribution in [3.8, 4) is 23.0 Å². The zero-order valence-corrected chi connectivity index (χ0v) is 19.1. The number of aliphatic hydroxyl groups is 1. The van der Waals surface area contributed by atoms with Crippen molar-refractivity contribution in [2.45, 2.75) is 12.6 Å². The fourth-order valence-corrected chi connectivity index (χ4v) is 3.86. The molecule has 1 heterocycles. The third-order valence-corrected chi connectivity index (χ3v) is 5.62. The van der Waals surface area contributed by atoms with Crippen LogP contribution in [0.3, 0.4) is 0 Å². The van der Waals surface area contributed by atoms with Gasteiger partial charge in [-0.25, -0.2) is 0 Å². The molecule has 1 N–H and O–H groups in total. The van der Waals surface area contributed by atoms with Crippen LogP contribution in [-0.4, -0.2) is 81.7 Å². The average molecular weight is 451 g/mol. The van der Waals surface area contributed by atoms with Crippen molar-refractivity contribution in [2.75, 3.05) is 60.7 Å². The number of nitrogens with zero attached hydrogens (tertiary/aromatic N) is 2. The van der Waals surface area contributed by atoms with Crippen LogP contribution in [0.4, 0.5) is 0 Å². The number of hydrogen-bond donors (Lipinski definition) is 1. The molecular formula is C23H31ClN2O5. The van der Waals surface area contributed by atoms with Gasteiger partial charge >= 0.3 is 0 Å². The zero-order valence-electron chi connectivity index (χ0n) is 18.3. The largest absolute Gasteiger partial charge is 0.493 e. The molecule has 3 rings (SSSR count). The maximum Gasteiger partial charge on any atom is 0.203 e. The lowest BCUT2D eigenvalue weighted by Gasteiger charge is -2.35. The van der Waals surface area contributed by atoms with Crippen LogP contribution in [0.25, 0.3) is 0 Å². The lowest BCUT2D eigenvalue weighted by molar-refractivity contribution is 0.0445. The summed E-state index contributed by atoms with van der Waals surface area (Å²) in [6.45, 7) is 5.18. The number of aliphatic hydroxyl groups excluding tert-OH is 1. The summed E-state index contributed by atoms with van der Waals surface area (Å²) < 4.78 is 22.1. The highest BCUT2D eigenvalue weighted by molar-refractivity contribution is 6.30. The molecule has 0 radical (unpaired) electrons. The van der Waals surface area contributed by atoms with Gasteiger partial charge < -0.3 is 24.1 Å². The van der Waals surface area contributed by atoms with E-state index in [0.29, 0.717) is 34.6 Å². The summed E-state index contributed by atoms with van der Waals surface area (Å²) in [4.78, 5) is 4.63. The maximum absolute atomic E-state index is 10.3. The van der Waals surface area contributed by atoms with Gasteiger partial charge in [-0.05, 0) is 30.3 Å². The van der Waals surface area contributed by atoms with Crippen LogP contribution in [0.15, 0.2) is 36.4 Å². The molecule has 1 atom stereocenters. The fourth-order valence-electron chi connectivity index (χ4n) is 3.73. The first-order chi connectivity index (χ1) is 15.0. The van der Waals surface area contributed by atoms with Gasteiger partial charge in [0.05, 0.1) is 21.3 Å². The molecule has 1 saturated heterocycles. The minimum atomic E-state index is -0.548. The van der Waals surface area contributed by atoms with Gasteiger partial charge in [-0.3, -0.25) is 9.80 Å². The van der Waals surface area contributed by atoms with Crippen molar-refractivity contribution in [3.63, 3.8) is 0 Å². The Bertz CT molecular complexity index is 825. The molecule has 1 aliphatic heterocycles. The quantitative estimate of drug-likeness (QED) is 0.597. The number of piperazine rings is 1. The highest BCUT2D eigenvalue weighted by Gasteiger charge is 2.22. The van der Waals surface area contributed by atoms with Gasteiger partial charge in [-0.15, -0.1) is 0 Å². The predicted octanol–water partition coefficient (Wildman–Crippen LogP) is 2.92. The molecule has 0 saturated carbocycles. The third-order valence-electron chi connectivity index (χ3n) is 5.37. The number of benzene rings is 2. The molecule has 1 aliphatic rings. The molecule has 0 amide bonds. The fraction of sp³-hybridized carbons (Fsp3) is 0.478. The number of hydrogen-bond acceptors (Lipinski definition) is 7. The van der Waals surface area contributed by atoms with Crippen LogP contribution in [-0.2, 0) is 6.54 Å². The third kappa shape index (κ3) is 6.40. The SMILES string of the molecule is COc1ccc(CN2CCN(CC(O)COc3ccc(Cl)cc3)CC2)c(OC)c1OC.